The van der Waals surface area contributed by atoms with Gasteiger partial charge in [-0.3, -0.25) is 0 Å². The molecule has 0 saturated heterocycles. The average molecular weight is 226 g/mol. The Morgan fingerprint density at radius 2 is 2.33 bits per heavy atom. The quantitative estimate of drug-likeness (QED) is 0.819. The van der Waals surface area contributed by atoms with E-state index < -0.39 is 0 Å². The standard InChI is InChI=1S/C8H8ClN5O/c9-5-1-6(10)8(11-2-5)12-3-7-13-4-15-14-7/h1-2,4H,3,10H2,(H,11,12). The maximum atomic E-state index is 5.71. The fourth-order valence-corrected chi connectivity index (χ4v) is 1.20. The van der Waals surface area contributed by atoms with Crippen LogP contribution >= 0.6 is 11.6 Å². The van der Waals surface area contributed by atoms with Crippen LogP contribution in [0.25, 0.3) is 0 Å². The molecule has 0 bridgehead atoms. The lowest BCUT2D eigenvalue weighted by atomic mass is 10.4. The Hall–Kier alpha value is -1.82. The van der Waals surface area contributed by atoms with Crippen molar-refractivity contribution in [3.05, 3.63) is 29.5 Å². The Kier molecular flexibility index (Phi) is 2.68. The Morgan fingerprint density at radius 1 is 1.47 bits per heavy atom. The molecular formula is C8H8ClN5O. The van der Waals surface area contributed by atoms with E-state index in [0.717, 1.165) is 0 Å². The maximum Gasteiger partial charge on any atom is 0.213 e. The zero-order valence-electron chi connectivity index (χ0n) is 7.64. The highest BCUT2D eigenvalue weighted by Gasteiger charge is 2.03. The third-order valence-corrected chi connectivity index (χ3v) is 1.91. The second kappa shape index (κ2) is 4.14. The SMILES string of the molecule is Nc1cc(Cl)cnc1NCc1ncon1. The molecule has 2 heterocycles. The van der Waals surface area contributed by atoms with Crippen LogP contribution in [0.1, 0.15) is 5.82 Å². The first-order valence-corrected chi connectivity index (χ1v) is 4.53. The molecule has 0 fully saturated rings. The van der Waals surface area contributed by atoms with E-state index in [4.69, 9.17) is 17.3 Å². The van der Waals surface area contributed by atoms with Gasteiger partial charge in [0.2, 0.25) is 6.39 Å². The van der Waals surface area contributed by atoms with Gasteiger partial charge < -0.3 is 15.6 Å². The maximum absolute atomic E-state index is 5.71. The molecule has 0 unspecified atom stereocenters. The van der Waals surface area contributed by atoms with Crippen molar-refractivity contribution in [2.24, 2.45) is 0 Å². The number of hydrogen-bond acceptors (Lipinski definition) is 6. The number of hydrogen-bond donors (Lipinski definition) is 2. The highest BCUT2D eigenvalue weighted by atomic mass is 35.5. The van der Waals surface area contributed by atoms with E-state index in [1.54, 1.807) is 6.07 Å². The summed E-state index contributed by atoms with van der Waals surface area (Å²) < 4.78 is 4.58. The van der Waals surface area contributed by atoms with Crippen LogP contribution in [0.15, 0.2) is 23.2 Å². The molecule has 15 heavy (non-hydrogen) atoms. The van der Waals surface area contributed by atoms with E-state index in [9.17, 15) is 0 Å². The number of halogens is 1. The first-order valence-electron chi connectivity index (χ1n) is 4.16. The minimum Gasteiger partial charge on any atom is -0.396 e. The summed E-state index contributed by atoms with van der Waals surface area (Å²) in [6.45, 7) is 0.398. The number of nitrogen functional groups attached to an aromatic ring is 1. The first kappa shape index (κ1) is 9.72. The van der Waals surface area contributed by atoms with E-state index in [1.165, 1.54) is 12.6 Å². The number of aromatic nitrogens is 3. The molecule has 3 N–H and O–H groups in total. The second-order valence-corrected chi connectivity index (χ2v) is 3.23. The number of rotatable bonds is 3. The van der Waals surface area contributed by atoms with Crippen LogP contribution in [-0.2, 0) is 6.54 Å². The molecule has 2 aromatic heterocycles. The molecule has 2 rings (SSSR count). The summed E-state index contributed by atoms with van der Waals surface area (Å²) in [6, 6.07) is 1.62. The van der Waals surface area contributed by atoms with Crippen LogP contribution < -0.4 is 11.1 Å². The topological polar surface area (TPSA) is 89.9 Å². The summed E-state index contributed by atoms with van der Waals surface area (Å²) in [5, 5.41) is 7.10. The predicted octanol–water partition coefficient (Wildman–Crippen LogP) is 1.31. The summed E-state index contributed by atoms with van der Waals surface area (Å²) in [6.07, 6.45) is 2.77. The van der Waals surface area contributed by atoms with Gasteiger partial charge >= 0.3 is 0 Å². The summed E-state index contributed by atoms with van der Waals surface area (Å²) in [5.41, 5.74) is 6.16. The van der Waals surface area contributed by atoms with E-state index >= 15 is 0 Å². The van der Waals surface area contributed by atoms with Crippen LogP contribution in [0.2, 0.25) is 5.02 Å². The third kappa shape index (κ3) is 2.35. The summed E-state index contributed by atoms with van der Waals surface area (Å²) >= 11 is 5.71. The van der Waals surface area contributed by atoms with E-state index in [0.29, 0.717) is 28.9 Å². The van der Waals surface area contributed by atoms with Crippen molar-refractivity contribution in [2.75, 3.05) is 11.1 Å². The van der Waals surface area contributed by atoms with Gasteiger partial charge in [-0.25, -0.2) is 4.98 Å². The van der Waals surface area contributed by atoms with Crippen molar-refractivity contribution >= 4 is 23.1 Å². The van der Waals surface area contributed by atoms with Crippen LogP contribution in [0.5, 0.6) is 0 Å². The van der Waals surface area contributed by atoms with Crippen molar-refractivity contribution in [3.8, 4) is 0 Å². The van der Waals surface area contributed by atoms with Gasteiger partial charge in [-0.1, -0.05) is 16.8 Å². The lowest BCUT2D eigenvalue weighted by Gasteiger charge is -2.05. The van der Waals surface area contributed by atoms with Crippen LogP contribution in [0, 0.1) is 0 Å². The van der Waals surface area contributed by atoms with E-state index in [1.807, 2.05) is 0 Å². The predicted molar refractivity (Wildman–Crippen MR) is 55.3 cm³/mol. The average Bonchev–Trinajstić information content (AvgIpc) is 2.69. The molecule has 0 aromatic carbocycles. The Morgan fingerprint density at radius 3 is 3.00 bits per heavy atom. The fourth-order valence-electron chi connectivity index (χ4n) is 1.04. The van der Waals surface area contributed by atoms with Crippen molar-refractivity contribution < 1.29 is 4.52 Å². The van der Waals surface area contributed by atoms with Crippen LogP contribution in [-0.4, -0.2) is 15.1 Å². The van der Waals surface area contributed by atoms with Gasteiger partial charge in [-0.05, 0) is 6.07 Å². The molecule has 7 heteroatoms. The molecule has 0 atom stereocenters. The lowest BCUT2D eigenvalue weighted by molar-refractivity contribution is 0.411. The molecule has 0 saturated carbocycles. The van der Waals surface area contributed by atoms with Crippen molar-refractivity contribution in [1.82, 2.24) is 15.1 Å². The molecule has 6 nitrogen and oxygen atoms in total. The molecule has 0 radical (unpaired) electrons. The monoisotopic (exact) mass is 225 g/mol. The van der Waals surface area contributed by atoms with Crippen LogP contribution in [0.3, 0.4) is 0 Å². The number of nitrogens with one attached hydrogen (secondary N) is 1. The van der Waals surface area contributed by atoms with Gasteiger partial charge in [0, 0.05) is 6.20 Å². The molecule has 78 valence electrons. The summed E-state index contributed by atoms with van der Waals surface area (Å²) in [5.74, 6) is 1.08. The summed E-state index contributed by atoms with van der Waals surface area (Å²) in [7, 11) is 0. The van der Waals surface area contributed by atoms with E-state index in [2.05, 4.69) is 25.0 Å². The van der Waals surface area contributed by atoms with Gasteiger partial charge in [0.25, 0.3) is 0 Å². The van der Waals surface area contributed by atoms with Gasteiger partial charge in [0.05, 0.1) is 17.3 Å². The van der Waals surface area contributed by atoms with Crippen LogP contribution in [0.4, 0.5) is 11.5 Å². The highest BCUT2D eigenvalue weighted by Crippen LogP contribution is 2.19. The van der Waals surface area contributed by atoms with Crippen molar-refractivity contribution in [1.29, 1.82) is 0 Å². The molecule has 0 spiro atoms. The molecule has 0 aliphatic rings. The van der Waals surface area contributed by atoms with Crippen molar-refractivity contribution in [2.45, 2.75) is 6.54 Å². The third-order valence-electron chi connectivity index (χ3n) is 1.70. The molecule has 0 aliphatic heterocycles. The lowest BCUT2D eigenvalue weighted by Crippen LogP contribution is -2.05. The number of nitrogens with zero attached hydrogens (tertiary/aromatic N) is 3. The number of anilines is 2. The molecule has 0 aliphatic carbocycles. The minimum absolute atomic E-state index is 0.398. The fraction of sp³-hybridized carbons (Fsp3) is 0.125. The largest absolute Gasteiger partial charge is 0.396 e. The molecular weight excluding hydrogens is 218 g/mol. The summed E-state index contributed by atoms with van der Waals surface area (Å²) in [4.78, 5) is 7.87. The number of nitrogens with two attached hydrogens (primary N) is 1. The minimum atomic E-state index is 0.398. The Balaban J connectivity index is 2.05. The van der Waals surface area contributed by atoms with Gasteiger partial charge in [-0.15, -0.1) is 0 Å². The number of pyridine rings is 1. The van der Waals surface area contributed by atoms with E-state index in [-0.39, 0.29) is 0 Å². The zero-order valence-corrected chi connectivity index (χ0v) is 8.40. The second-order valence-electron chi connectivity index (χ2n) is 2.79. The highest BCUT2D eigenvalue weighted by molar-refractivity contribution is 6.30. The Bertz CT molecular complexity index is 444. The van der Waals surface area contributed by atoms with Gasteiger partial charge in [0.1, 0.15) is 5.82 Å². The molecule has 2 aromatic rings. The van der Waals surface area contributed by atoms with Crippen molar-refractivity contribution in [3.63, 3.8) is 0 Å². The molecule has 0 amide bonds. The normalized spacial score (nSPS) is 10.2. The Labute approximate surface area is 90.5 Å². The smallest absolute Gasteiger partial charge is 0.213 e. The zero-order chi connectivity index (χ0) is 10.7. The first-order chi connectivity index (χ1) is 7.25. The van der Waals surface area contributed by atoms with Gasteiger partial charge in [0.15, 0.2) is 5.82 Å². The van der Waals surface area contributed by atoms with Gasteiger partial charge in [-0.2, -0.15) is 4.98 Å².